The first-order valence-corrected chi connectivity index (χ1v) is 8.53. The zero-order valence-electron chi connectivity index (χ0n) is 14.0. The molecular weight excluding hydrogens is 345 g/mol. The van der Waals surface area contributed by atoms with E-state index in [0.29, 0.717) is 29.5 Å². The molecule has 0 aliphatic carbocycles. The molecule has 0 aliphatic heterocycles. The number of hydrogen-bond acceptors (Lipinski definition) is 5. The summed E-state index contributed by atoms with van der Waals surface area (Å²) in [6.07, 6.45) is 0. The number of anilines is 1. The average molecular weight is 365 g/mol. The van der Waals surface area contributed by atoms with Crippen LogP contribution in [-0.2, 0) is 4.79 Å². The molecule has 8 heteroatoms. The van der Waals surface area contributed by atoms with Crippen molar-refractivity contribution in [2.75, 3.05) is 25.5 Å². The number of rotatable bonds is 8. The summed E-state index contributed by atoms with van der Waals surface area (Å²) in [5.74, 6) is -0.574. The number of nitrogens with two attached hydrogens (primary N) is 1. The van der Waals surface area contributed by atoms with E-state index in [1.165, 1.54) is 23.5 Å². The van der Waals surface area contributed by atoms with Crippen molar-refractivity contribution in [3.8, 4) is 5.75 Å². The molecule has 1 aromatic heterocycles. The summed E-state index contributed by atoms with van der Waals surface area (Å²) >= 11 is 1.24. The normalized spacial score (nSPS) is 12.0. The molecule has 3 N–H and O–H groups in total. The van der Waals surface area contributed by atoms with Gasteiger partial charge in [-0.15, -0.1) is 11.3 Å². The van der Waals surface area contributed by atoms with Gasteiger partial charge in [0.15, 0.2) is 0 Å². The van der Waals surface area contributed by atoms with Crippen LogP contribution in [0.25, 0.3) is 0 Å². The molecule has 0 radical (unpaired) electrons. The maximum absolute atomic E-state index is 12.8. The van der Waals surface area contributed by atoms with E-state index in [1.54, 1.807) is 37.6 Å². The summed E-state index contributed by atoms with van der Waals surface area (Å²) in [6.45, 7) is 2.61. The molecule has 0 fully saturated rings. The van der Waals surface area contributed by atoms with Gasteiger partial charge >= 0.3 is 0 Å². The van der Waals surface area contributed by atoms with Crippen molar-refractivity contribution in [2.24, 2.45) is 5.73 Å². The van der Waals surface area contributed by atoms with E-state index in [-0.39, 0.29) is 11.7 Å². The first kappa shape index (κ1) is 18.9. The first-order valence-electron chi connectivity index (χ1n) is 7.65. The molecule has 0 aliphatic rings. The van der Waals surface area contributed by atoms with Gasteiger partial charge in [-0.3, -0.25) is 14.5 Å². The largest absolute Gasteiger partial charge is 0.492 e. The van der Waals surface area contributed by atoms with E-state index >= 15 is 0 Å². The molecule has 0 spiro atoms. The van der Waals surface area contributed by atoms with Crippen molar-refractivity contribution in [3.63, 3.8) is 0 Å². The molecule has 1 atom stereocenters. The highest BCUT2D eigenvalue weighted by molar-refractivity contribution is 7.14. The maximum Gasteiger partial charge on any atom is 0.251 e. The van der Waals surface area contributed by atoms with Crippen LogP contribution >= 0.6 is 11.3 Å². The third kappa shape index (κ3) is 5.27. The Balaban J connectivity index is 1.83. The fourth-order valence-electron chi connectivity index (χ4n) is 2.05. The molecule has 6 nitrogen and oxygen atoms in total. The Morgan fingerprint density at radius 3 is 2.64 bits per heavy atom. The Labute approximate surface area is 149 Å². The Morgan fingerprint density at radius 2 is 2.00 bits per heavy atom. The van der Waals surface area contributed by atoms with Gasteiger partial charge in [-0.2, -0.15) is 0 Å². The minimum Gasteiger partial charge on any atom is -0.492 e. The lowest BCUT2D eigenvalue weighted by Gasteiger charge is -2.23. The summed E-state index contributed by atoms with van der Waals surface area (Å²) < 4.78 is 18.3. The number of primary amides is 1. The Hall–Kier alpha value is -2.45. The second kappa shape index (κ2) is 8.59. The number of amides is 2. The zero-order chi connectivity index (χ0) is 18.4. The third-order valence-corrected chi connectivity index (χ3v) is 4.56. The van der Waals surface area contributed by atoms with Crippen molar-refractivity contribution < 1.29 is 18.7 Å². The molecule has 25 heavy (non-hydrogen) atoms. The molecule has 1 heterocycles. The van der Waals surface area contributed by atoms with Crippen LogP contribution in [0.1, 0.15) is 17.3 Å². The van der Waals surface area contributed by atoms with Crippen molar-refractivity contribution in [2.45, 2.75) is 13.0 Å². The van der Waals surface area contributed by atoms with Crippen molar-refractivity contribution in [3.05, 3.63) is 47.1 Å². The maximum atomic E-state index is 12.8. The fourth-order valence-corrected chi connectivity index (χ4v) is 2.84. The topological polar surface area (TPSA) is 84.7 Å². The number of halogens is 1. The second-order valence-corrected chi connectivity index (χ2v) is 6.39. The third-order valence-electron chi connectivity index (χ3n) is 3.73. The molecule has 1 aromatic carbocycles. The molecular formula is C17H20FN3O3S. The molecule has 1 unspecified atom stereocenters. The highest BCUT2D eigenvalue weighted by atomic mass is 32.1. The summed E-state index contributed by atoms with van der Waals surface area (Å²) in [7, 11) is 1.79. The number of hydrogen-bond donors (Lipinski definition) is 2. The van der Waals surface area contributed by atoms with Crippen LogP contribution in [0.3, 0.4) is 0 Å². The van der Waals surface area contributed by atoms with Gasteiger partial charge in [0.1, 0.15) is 23.2 Å². The van der Waals surface area contributed by atoms with Gasteiger partial charge in [-0.25, -0.2) is 4.39 Å². The van der Waals surface area contributed by atoms with Crippen LogP contribution in [0.4, 0.5) is 9.39 Å². The lowest BCUT2D eigenvalue weighted by Crippen LogP contribution is -2.41. The first-order chi connectivity index (χ1) is 11.9. The molecule has 2 rings (SSSR count). The van der Waals surface area contributed by atoms with Crippen LogP contribution in [0.15, 0.2) is 35.7 Å². The lowest BCUT2D eigenvalue weighted by molar-refractivity contribution is -0.120. The van der Waals surface area contributed by atoms with Gasteiger partial charge in [0.05, 0.1) is 11.6 Å². The summed E-state index contributed by atoms with van der Waals surface area (Å²) in [5, 5.41) is 4.86. The summed E-state index contributed by atoms with van der Waals surface area (Å²) in [4.78, 5) is 25.4. The summed E-state index contributed by atoms with van der Waals surface area (Å²) in [6, 6.07) is 6.90. The quantitative estimate of drug-likeness (QED) is 0.752. The SMILES string of the molecule is CC(C(=O)Nc1sccc1C(N)=O)N(C)CCOc1ccc(F)cc1. The van der Waals surface area contributed by atoms with Gasteiger partial charge in [-0.1, -0.05) is 0 Å². The van der Waals surface area contributed by atoms with Gasteiger partial charge in [-0.05, 0) is 49.7 Å². The number of carbonyl (C=O) groups is 2. The number of nitrogens with zero attached hydrogens (tertiary/aromatic N) is 1. The number of benzene rings is 1. The number of likely N-dealkylation sites (N-methyl/N-ethyl adjacent to an activating group) is 1. The molecule has 2 aromatic rings. The van der Waals surface area contributed by atoms with E-state index in [0.717, 1.165) is 0 Å². The van der Waals surface area contributed by atoms with Crippen molar-refractivity contribution >= 4 is 28.2 Å². The van der Waals surface area contributed by atoms with Crippen LogP contribution in [-0.4, -0.2) is 43.0 Å². The standard InChI is InChI=1S/C17H20FN3O3S/c1-11(16(23)20-17-14(15(19)22)7-10-25-17)21(2)8-9-24-13-5-3-12(18)4-6-13/h3-7,10-11H,8-9H2,1-2H3,(H2,19,22)(H,20,23). The van der Waals surface area contributed by atoms with E-state index in [2.05, 4.69) is 5.32 Å². The van der Waals surface area contributed by atoms with Crippen molar-refractivity contribution in [1.29, 1.82) is 0 Å². The number of nitrogens with one attached hydrogen (secondary N) is 1. The van der Waals surface area contributed by atoms with Crippen LogP contribution in [0.2, 0.25) is 0 Å². The lowest BCUT2D eigenvalue weighted by atomic mass is 10.2. The minimum absolute atomic E-state index is 0.241. The van der Waals surface area contributed by atoms with E-state index < -0.39 is 11.9 Å². The van der Waals surface area contributed by atoms with Gasteiger partial charge < -0.3 is 15.8 Å². The number of carbonyl (C=O) groups excluding carboxylic acids is 2. The van der Waals surface area contributed by atoms with Gasteiger partial charge in [0.2, 0.25) is 5.91 Å². The minimum atomic E-state index is -0.578. The monoisotopic (exact) mass is 365 g/mol. The predicted molar refractivity (Wildman–Crippen MR) is 95.5 cm³/mol. The highest BCUT2D eigenvalue weighted by Crippen LogP contribution is 2.23. The molecule has 0 bridgehead atoms. The van der Waals surface area contributed by atoms with Crippen LogP contribution in [0.5, 0.6) is 5.75 Å². The molecule has 0 saturated heterocycles. The van der Waals surface area contributed by atoms with Crippen LogP contribution < -0.4 is 15.8 Å². The molecule has 0 saturated carbocycles. The number of ether oxygens (including phenoxy) is 1. The van der Waals surface area contributed by atoms with Gasteiger partial charge in [0, 0.05) is 6.54 Å². The predicted octanol–water partition coefficient (Wildman–Crippen LogP) is 2.32. The molecule has 2 amide bonds. The zero-order valence-corrected chi connectivity index (χ0v) is 14.8. The van der Waals surface area contributed by atoms with E-state index in [1.807, 2.05) is 4.90 Å². The average Bonchev–Trinajstić information content (AvgIpc) is 3.04. The Morgan fingerprint density at radius 1 is 1.32 bits per heavy atom. The van der Waals surface area contributed by atoms with Crippen molar-refractivity contribution in [1.82, 2.24) is 4.90 Å². The van der Waals surface area contributed by atoms with E-state index in [9.17, 15) is 14.0 Å². The Bertz CT molecular complexity index is 733. The van der Waals surface area contributed by atoms with Gasteiger partial charge in [0.25, 0.3) is 5.91 Å². The second-order valence-electron chi connectivity index (χ2n) is 5.48. The number of thiophene rings is 1. The Kier molecular flexibility index (Phi) is 6.49. The summed E-state index contributed by atoms with van der Waals surface area (Å²) in [5.41, 5.74) is 5.57. The highest BCUT2D eigenvalue weighted by Gasteiger charge is 2.20. The molecule has 134 valence electrons. The smallest absolute Gasteiger partial charge is 0.251 e. The van der Waals surface area contributed by atoms with E-state index in [4.69, 9.17) is 10.5 Å². The fraction of sp³-hybridized carbons (Fsp3) is 0.294. The van der Waals surface area contributed by atoms with Crippen LogP contribution in [0, 0.1) is 5.82 Å².